The SMILES string of the molecule is COCCCNC(=O)/C(C#N)=C/c1cccc(NC(=O)c2ccc(C)cc2)c1. The second kappa shape index (κ2) is 10.7. The summed E-state index contributed by atoms with van der Waals surface area (Å²) in [5, 5.41) is 14.8. The minimum Gasteiger partial charge on any atom is -0.385 e. The molecule has 2 amide bonds. The largest absolute Gasteiger partial charge is 0.385 e. The topological polar surface area (TPSA) is 91.2 Å². The molecule has 28 heavy (non-hydrogen) atoms. The molecular formula is C22H23N3O3. The van der Waals surface area contributed by atoms with Gasteiger partial charge in [-0.3, -0.25) is 9.59 Å². The lowest BCUT2D eigenvalue weighted by Crippen LogP contribution is -2.26. The maximum atomic E-state index is 12.3. The van der Waals surface area contributed by atoms with Crippen molar-refractivity contribution in [3.63, 3.8) is 0 Å². The Labute approximate surface area is 164 Å². The van der Waals surface area contributed by atoms with Gasteiger partial charge in [-0.1, -0.05) is 29.8 Å². The van der Waals surface area contributed by atoms with Gasteiger partial charge in [-0.2, -0.15) is 5.26 Å². The van der Waals surface area contributed by atoms with E-state index < -0.39 is 5.91 Å². The van der Waals surface area contributed by atoms with Crippen molar-refractivity contribution in [2.24, 2.45) is 0 Å². The van der Waals surface area contributed by atoms with E-state index in [4.69, 9.17) is 4.74 Å². The lowest BCUT2D eigenvalue weighted by atomic mass is 10.1. The minimum atomic E-state index is -0.437. The van der Waals surface area contributed by atoms with Gasteiger partial charge in [0.2, 0.25) is 0 Å². The van der Waals surface area contributed by atoms with E-state index in [1.165, 1.54) is 6.08 Å². The van der Waals surface area contributed by atoms with E-state index in [0.29, 0.717) is 36.4 Å². The van der Waals surface area contributed by atoms with Crippen LogP contribution in [0, 0.1) is 18.3 Å². The maximum absolute atomic E-state index is 12.3. The van der Waals surface area contributed by atoms with Crippen molar-refractivity contribution in [3.8, 4) is 6.07 Å². The Kier molecular flexibility index (Phi) is 7.94. The Morgan fingerprint density at radius 1 is 1.18 bits per heavy atom. The van der Waals surface area contributed by atoms with E-state index in [0.717, 1.165) is 5.56 Å². The fourth-order valence-corrected chi connectivity index (χ4v) is 2.44. The number of hydrogen-bond acceptors (Lipinski definition) is 4. The van der Waals surface area contributed by atoms with Crippen LogP contribution in [0.5, 0.6) is 0 Å². The van der Waals surface area contributed by atoms with E-state index in [2.05, 4.69) is 10.6 Å². The highest BCUT2D eigenvalue weighted by atomic mass is 16.5. The molecule has 0 saturated heterocycles. The van der Waals surface area contributed by atoms with Gasteiger partial charge in [-0.25, -0.2) is 0 Å². The molecule has 0 fully saturated rings. The first-order valence-electron chi connectivity index (χ1n) is 8.90. The van der Waals surface area contributed by atoms with Crippen LogP contribution in [0.3, 0.4) is 0 Å². The van der Waals surface area contributed by atoms with E-state index in [1.54, 1.807) is 43.5 Å². The molecule has 144 valence electrons. The number of anilines is 1. The summed E-state index contributed by atoms with van der Waals surface area (Å²) in [6.07, 6.45) is 2.16. The molecule has 2 rings (SSSR count). The Morgan fingerprint density at radius 3 is 2.61 bits per heavy atom. The molecule has 2 aromatic carbocycles. The maximum Gasteiger partial charge on any atom is 0.261 e. The van der Waals surface area contributed by atoms with Gasteiger partial charge in [0, 0.05) is 31.5 Å². The van der Waals surface area contributed by atoms with Gasteiger partial charge < -0.3 is 15.4 Å². The first-order valence-corrected chi connectivity index (χ1v) is 8.90. The summed E-state index contributed by atoms with van der Waals surface area (Å²) in [7, 11) is 1.59. The van der Waals surface area contributed by atoms with Gasteiger partial charge in [0.15, 0.2) is 0 Å². The Morgan fingerprint density at radius 2 is 1.93 bits per heavy atom. The number of rotatable bonds is 8. The number of nitrogens with zero attached hydrogens (tertiary/aromatic N) is 1. The van der Waals surface area contributed by atoms with Crippen molar-refractivity contribution in [1.82, 2.24) is 5.32 Å². The lowest BCUT2D eigenvalue weighted by molar-refractivity contribution is -0.117. The number of nitrogens with one attached hydrogen (secondary N) is 2. The average molecular weight is 377 g/mol. The molecule has 0 spiro atoms. The molecule has 2 N–H and O–H groups in total. The molecule has 6 heteroatoms. The van der Waals surface area contributed by atoms with Crippen LogP contribution in [-0.4, -0.2) is 32.1 Å². The number of hydrogen-bond donors (Lipinski definition) is 2. The van der Waals surface area contributed by atoms with Crippen LogP contribution in [-0.2, 0) is 9.53 Å². The summed E-state index contributed by atoms with van der Waals surface area (Å²) in [5.41, 5.74) is 2.86. The number of carbonyl (C=O) groups is 2. The average Bonchev–Trinajstić information content (AvgIpc) is 2.70. The van der Waals surface area contributed by atoms with Gasteiger partial charge in [0.1, 0.15) is 11.6 Å². The molecule has 0 heterocycles. The zero-order chi connectivity index (χ0) is 20.4. The van der Waals surface area contributed by atoms with Crippen LogP contribution in [0.25, 0.3) is 6.08 Å². The third-order valence-electron chi connectivity index (χ3n) is 3.95. The van der Waals surface area contributed by atoms with Crippen LogP contribution < -0.4 is 10.6 Å². The number of amides is 2. The fourth-order valence-electron chi connectivity index (χ4n) is 2.44. The van der Waals surface area contributed by atoms with Crippen molar-refractivity contribution in [2.45, 2.75) is 13.3 Å². The quantitative estimate of drug-likeness (QED) is 0.419. The van der Waals surface area contributed by atoms with Crippen molar-refractivity contribution in [2.75, 3.05) is 25.6 Å². The molecule has 0 aromatic heterocycles. The van der Waals surface area contributed by atoms with Crippen molar-refractivity contribution < 1.29 is 14.3 Å². The van der Waals surface area contributed by atoms with E-state index in [9.17, 15) is 14.9 Å². The van der Waals surface area contributed by atoms with E-state index in [1.807, 2.05) is 25.1 Å². The second-order valence-corrected chi connectivity index (χ2v) is 6.22. The third kappa shape index (κ3) is 6.38. The van der Waals surface area contributed by atoms with Gasteiger partial charge in [0.05, 0.1) is 0 Å². The molecule has 0 aliphatic heterocycles. The molecule has 0 radical (unpaired) electrons. The molecule has 0 atom stereocenters. The predicted molar refractivity (Wildman–Crippen MR) is 109 cm³/mol. The van der Waals surface area contributed by atoms with Crippen molar-refractivity contribution >= 4 is 23.6 Å². The fraction of sp³-hybridized carbons (Fsp3) is 0.227. The van der Waals surface area contributed by atoms with E-state index >= 15 is 0 Å². The van der Waals surface area contributed by atoms with Crippen LogP contribution in [0.1, 0.15) is 27.9 Å². The van der Waals surface area contributed by atoms with Crippen LogP contribution in [0.2, 0.25) is 0 Å². The van der Waals surface area contributed by atoms with Crippen molar-refractivity contribution in [1.29, 1.82) is 5.26 Å². The van der Waals surface area contributed by atoms with E-state index in [-0.39, 0.29) is 11.5 Å². The first kappa shape index (κ1) is 20.9. The number of methoxy groups -OCH3 is 1. The molecule has 2 aromatic rings. The Balaban J connectivity index is 2.07. The number of ether oxygens (including phenoxy) is 1. The normalized spacial score (nSPS) is 10.8. The van der Waals surface area contributed by atoms with Crippen LogP contribution >= 0.6 is 0 Å². The predicted octanol–water partition coefficient (Wildman–Crippen LogP) is 3.31. The second-order valence-electron chi connectivity index (χ2n) is 6.22. The summed E-state index contributed by atoms with van der Waals surface area (Å²) in [5.74, 6) is -0.662. The Bertz CT molecular complexity index is 896. The summed E-state index contributed by atoms with van der Waals surface area (Å²) >= 11 is 0. The minimum absolute atomic E-state index is 0.000530. The molecular weight excluding hydrogens is 354 g/mol. The number of benzene rings is 2. The highest BCUT2D eigenvalue weighted by molar-refractivity contribution is 6.05. The standard InChI is InChI=1S/C22H23N3O3/c1-16-7-9-18(10-8-16)22(27)25-20-6-3-5-17(14-20)13-19(15-23)21(26)24-11-4-12-28-2/h3,5-10,13-14H,4,11-12H2,1-2H3,(H,24,26)(H,25,27)/b19-13+. The third-order valence-corrected chi connectivity index (χ3v) is 3.95. The van der Waals surface area contributed by atoms with Crippen LogP contribution in [0.15, 0.2) is 54.1 Å². The van der Waals surface area contributed by atoms with Gasteiger partial charge in [-0.05, 0) is 49.2 Å². The number of aryl methyl sites for hydroxylation is 1. The van der Waals surface area contributed by atoms with Gasteiger partial charge in [-0.15, -0.1) is 0 Å². The summed E-state index contributed by atoms with van der Waals surface area (Å²) in [6.45, 7) is 2.92. The van der Waals surface area contributed by atoms with Crippen LogP contribution in [0.4, 0.5) is 5.69 Å². The zero-order valence-electron chi connectivity index (χ0n) is 16.0. The summed E-state index contributed by atoms with van der Waals surface area (Å²) < 4.78 is 4.92. The van der Waals surface area contributed by atoms with Gasteiger partial charge >= 0.3 is 0 Å². The highest BCUT2D eigenvalue weighted by Crippen LogP contribution is 2.15. The number of nitriles is 1. The summed E-state index contributed by atoms with van der Waals surface area (Å²) in [4.78, 5) is 24.4. The molecule has 6 nitrogen and oxygen atoms in total. The highest BCUT2D eigenvalue weighted by Gasteiger charge is 2.09. The zero-order valence-corrected chi connectivity index (χ0v) is 16.0. The Hall–Kier alpha value is -3.43. The molecule has 0 saturated carbocycles. The smallest absolute Gasteiger partial charge is 0.261 e. The van der Waals surface area contributed by atoms with Gasteiger partial charge in [0.25, 0.3) is 11.8 Å². The summed E-state index contributed by atoms with van der Waals surface area (Å²) in [6, 6.07) is 16.2. The molecule has 0 bridgehead atoms. The molecule has 0 unspecified atom stereocenters. The first-order chi connectivity index (χ1) is 13.5. The number of carbonyl (C=O) groups excluding carboxylic acids is 2. The lowest BCUT2D eigenvalue weighted by Gasteiger charge is -2.07. The van der Waals surface area contributed by atoms with Crippen molar-refractivity contribution in [3.05, 3.63) is 70.8 Å². The molecule has 0 aliphatic rings. The molecule has 0 aliphatic carbocycles. The monoisotopic (exact) mass is 377 g/mol.